The fourth-order valence-corrected chi connectivity index (χ4v) is 5.16. The Labute approximate surface area is 226 Å². The van der Waals surface area contributed by atoms with E-state index in [2.05, 4.69) is 86.3 Å². The Balaban J connectivity index is 1.52. The molecule has 4 N–H and O–H groups in total. The van der Waals surface area contributed by atoms with Gasteiger partial charge in [-0.05, 0) is 54.4 Å². The Morgan fingerprint density at radius 3 is 2.47 bits per heavy atom. The Hall–Kier alpha value is -4.28. The number of rotatable bonds is 7. The van der Waals surface area contributed by atoms with E-state index in [4.69, 9.17) is 11.1 Å². The second-order valence-electron chi connectivity index (χ2n) is 9.36. The van der Waals surface area contributed by atoms with E-state index in [0.717, 1.165) is 45.5 Å². The lowest BCUT2D eigenvalue weighted by atomic mass is 9.93. The number of nitrogen functional groups attached to an aromatic ring is 1. The van der Waals surface area contributed by atoms with E-state index >= 15 is 0 Å². The highest BCUT2D eigenvalue weighted by Crippen LogP contribution is 2.39. The van der Waals surface area contributed by atoms with Gasteiger partial charge in [0.15, 0.2) is 0 Å². The number of benzene rings is 3. The number of fused-ring (bicyclic) bond motifs is 1. The third-order valence-corrected chi connectivity index (χ3v) is 7.34. The topological polar surface area (TPSA) is 90.9 Å². The van der Waals surface area contributed by atoms with E-state index in [1.807, 2.05) is 36.4 Å². The van der Waals surface area contributed by atoms with Crippen molar-refractivity contribution in [1.29, 1.82) is 5.41 Å². The highest BCUT2D eigenvalue weighted by Gasteiger charge is 2.26. The lowest BCUT2D eigenvalue weighted by Gasteiger charge is -2.35. The van der Waals surface area contributed by atoms with Crippen LogP contribution in [-0.2, 0) is 6.16 Å². The normalized spacial score (nSPS) is 12.7. The van der Waals surface area contributed by atoms with E-state index in [0.29, 0.717) is 17.9 Å². The van der Waals surface area contributed by atoms with Gasteiger partial charge in [-0.15, -0.1) is 9.24 Å². The molecule has 0 bridgehead atoms. The van der Waals surface area contributed by atoms with Crippen LogP contribution in [0.15, 0.2) is 85.3 Å². The van der Waals surface area contributed by atoms with Crippen molar-refractivity contribution in [2.45, 2.75) is 20.0 Å². The Morgan fingerprint density at radius 2 is 1.74 bits per heavy atom. The third-order valence-electron chi connectivity index (χ3n) is 6.87. The molecule has 1 atom stereocenters. The molecule has 1 aliphatic heterocycles. The highest BCUT2D eigenvalue weighted by atomic mass is 31.0. The molecule has 0 radical (unpaired) electrons. The van der Waals surface area contributed by atoms with Crippen LogP contribution in [0.1, 0.15) is 38.9 Å². The third kappa shape index (κ3) is 4.71. The average Bonchev–Trinajstić information content (AvgIpc) is 2.92. The smallest absolute Gasteiger partial charge is 0.141 e. The molecular weight excluding hydrogens is 487 g/mol. The zero-order valence-corrected chi connectivity index (χ0v) is 22.8. The number of nitrogens with one attached hydrogen (secondary N) is 2. The summed E-state index contributed by atoms with van der Waals surface area (Å²) in [5, 5.41) is 12.4. The van der Waals surface area contributed by atoms with Crippen LogP contribution >= 0.6 is 9.24 Å². The molecule has 190 valence electrons. The fraction of sp³-hybridized carbons (Fsp3) is 0.129. The molecule has 0 saturated carbocycles. The van der Waals surface area contributed by atoms with Gasteiger partial charge >= 0.3 is 0 Å². The van der Waals surface area contributed by atoms with Crippen LogP contribution < -0.4 is 16.0 Å². The van der Waals surface area contributed by atoms with Crippen molar-refractivity contribution < 1.29 is 0 Å². The first-order valence-corrected chi connectivity index (χ1v) is 13.3. The van der Waals surface area contributed by atoms with E-state index in [1.165, 1.54) is 17.5 Å². The highest BCUT2D eigenvalue weighted by molar-refractivity contribution is 7.15. The van der Waals surface area contributed by atoms with E-state index in [-0.39, 0.29) is 11.5 Å². The van der Waals surface area contributed by atoms with Crippen molar-refractivity contribution in [3.8, 4) is 0 Å². The molecule has 0 aliphatic carbocycles. The quantitative estimate of drug-likeness (QED) is 0.194. The largest absolute Gasteiger partial charge is 0.383 e. The number of aromatic nitrogens is 2. The first kappa shape index (κ1) is 25.4. The molecule has 38 heavy (non-hydrogen) atoms. The summed E-state index contributed by atoms with van der Waals surface area (Å²) in [4.78, 5) is 10.9. The van der Waals surface area contributed by atoms with Crippen LogP contribution in [0.4, 0.5) is 17.3 Å². The molecule has 7 heteroatoms. The molecule has 6 nitrogen and oxygen atoms in total. The van der Waals surface area contributed by atoms with Gasteiger partial charge in [0, 0.05) is 28.2 Å². The second-order valence-corrected chi connectivity index (χ2v) is 9.76. The van der Waals surface area contributed by atoms with Crippen molar-refractivity contribution in [2.75, 3.05) is 22.5 Å². The monoisotopic (exact) mass is 518 g/mol. The lowest BCUT2D eigenvalue weighted by molar-refractivity contribution is 1.06. The first-order chi connectivity index (χ1) is 18.4. The molecule has 1 aliphatic rings. The van der Waals surface area contributed by atoms with Crippen molar-refractivity contribution in [1.82, 2.24) is 9.97 Å². The van der Waals surface area contributed by atoms with Gasteiger partial charge in [0.1, 0.15) is 18.0 Å². The summed E-state index contributed by atoms with van der Waals surface area (Å²) >= 11 is 0. The summed E-state index contributed by atoms with van der Waals surface area (Å²) in [5.41, 5.74) is 16.6. The lowest BCUT2D eigenvalue weighted by Crippen LogP contribution is -2.29. The van der Waals surface area contributed by atoms with Gasteiger partial charge < -0.3 is 16.0 Å². The molecule has 3 aromatic carbocycles. The van der Waals surface area contributed by atoms with Gasteiger partial charge in [-0.3, -0.25) is 5.41 Å². The first-order valence-electron chi connectivity index (χ1n) is 12.5. The number of hydrogen-bond donors (Lipinski definition) is 3. The zero-order valence-electron chi connectivity index (χ0n) is 21.6. The van der Waals surface area contributed by atoms with Crippen LogP contribution in [0.2, 0.25) is 0 Å². The van der Waals surface area contributed by atoms with Crippen LogP contribution in [0.3, 0.4) is 0 Å². The van der Waals surface area contributed by atoms with E-state index < -0.39 is 0 Å². The van der Waals surface area contributed by atoms with E-state index in [1.54, 1.807) is 0 Å². The number of hydrogen-bond acceptors (Lipinski definition) is 6. The maximum absolute atomic E-state index is 8.91. The Bertz CT molecular complexity index is 1570. The number of para-hydroxylation sites is 1. The molecule has 0 amide bonds. The minimum atomic E-state index is 0.265. The predicted molar refractivity (Wildman–Crippen MR) is 163 cm³/mol. The number of aryl methyl sites for hydroxylation is 2. The summed E-state index contributed by atoms with van der Waals surface area (Å²) in [6.45, 7) is 9.18. The number of nitrogens with zero attached hydrogens (tertiary/aromatic N) is 3. The summed E-state index contributed by atoms with van der Waals surface area (Å²) in [7, 11) is 2.72. The van der Waals surface area contributed by atoms with Gasteiger partial charge in [0.25, 0.3) is 0 Å². The molecule has 1 unspecified atom stereocenters. The van der Waals surface area contributed by atoms with Crippen LogP contribution in [0.5, 0.6) is 0 Å². The molecule has 0 saturated heterocycles. The average molecular weight is 519 g/mol. The minimum Gasteiger partial charge on any atom is -0.383 e. The van der Waals surface area contributed by atoms with Crippen molar-refractivity contribution >= 4 is 44.0 Å². The number of anilines is 3. The van der Waals surface area contributed by atoms with E-state index in [9.17, 15) is 0 Å². The van der Waals surface area contributed by atoms with Gasteiger partial charge in [0.05, 0.1) is 17.8 Å². The summed E-state index contributed by atoms with van der Waals surface area (Å²) in [6.07, 6.45) is 4.47. The van der Waals surface area contributed by atoms with Crippen LogP contribution in [-0.4, -0.2) is 22.2 Å². The minimum absolute atomic E-state index is 0.265. The van der Waals surface area contributed by atoms with Crippen molar-refractivity contribution in [3.05, 3.63) is 124 Å². The van der Waals surface area contributed by atoms with Gasteiger partial charge in [-0.1, -0.05) is 67.2 Å². The summed E-state index contributed by atoms with van der Waals surface area (Å²) in [6, 6.07) is 22.5. The maximum atomic E-state index is 8.91. The Morgan fingerprint density at radius 1 is 1.00 bits per heavy atom. The second kappa shape index (κ2) is 10.6. The molecule has 0 fully saturated rings. The predicted octanol–water partition coefficient (Wildman–Crippen LogP) is 6.41. The fourth-order valence-electron chi connectivity index (χ4n) is 4.88. The standard InChI is InChI=1S/C31H31N6P/c1-19-7-4-5-10-26(19)37-21(3)27-20(2)8-6-9-24(27)15-25(37)16-34-31-28(30(33)35-18-36-31)29(32)23-13-11-22(17-38)12-14-23/h4-15,18,32H,3,16-17,38H2,1-2H3,(H3,33,34,35,36). The number of nitrogens with two attached hydrogens (primary N) is 1. The SMILES string of the molecule is C=C1c2c(C)cccc2C=C(CNc2ncnc(N)c2C(=N)c2ccc(CP)cc2)N1c1ccccc1C. The maximum Gasteiger partial charge on any atom is 0.141 e. The van der Waals surface area contributed by atoms with Gasteiger partial charge in [-0.25, -0.2) is 9.97 Å². The molecule has 4 aromatic rings. The Kier molecular flexibility index (Phi) is 7.08. The van der Waals surface area contributed by atoms with Crippen LogP contribution in [0, 0.1) is 19.3 Å². The zero-order chi connectivity index (χ0) is 26.8. The molecular formula is C31H31N6P. The van der Waals surface area contributed by atoms with Crippen molar-refractivity contribution in [2.24, 2.45) is 0 Å². The van der Waals surface area contributed by atoms with Gasteiger partial charge in [-0.2, -0.15) is 0 Å². The molecule has 0 spiro atoms. The molecule has 1 aromatic heterocycles. The molecule has 5 rings (SSSR count). The van der Waals surface area contributed by atoms with Crippen LogP contribution in [0.25, 0.3) is 11.8 Å². The molecule has 2 heterocycles. The van der Waals surface area contributed by atoms with Gasteiger partial charge in [0.2, 0.25) is 0 Å². The summed E-state index contributed by atoms with van der Waals surface area (Å²) in [5.74, 6) is 0.783. The van der Waals surface area contributed by atoms with Crippen molar-refractivity contribution in [3.63, 3.8) is 0 Å². The summed E-state index contributed by atoms with van der Waals surface area (Å²) < 4.78 is 0.